The fourth-order valence-corrected chi connectivity index (χ4v) is 2.42. The molecule has 0 aliphatic rings. The Morgan fingerprint density at radius 2 is 1.93 bits per heavy atom. The standard InChI is InChI=1S/C19H22N6O2/c1-14-3-5-16(6-4-14)27-12-19(26)22-8-7-21-17-11-18(24-13-23-17)25-10-9-20-15(25)2/h3-6,9-11,13H,7-8,12H2,1-2H3,(H,22,26)(H,21,23,24). The molecular formula is C19H22N6O2. The molecule has 0 atom stereocenters. The predicted molar refractivity (Wildman–Crippen MR) is 102 cm³/mol. The van der Waals surface area contributed by atoms with Gasteiger partial charge in [0, 0.05) is 31.5 Å². The smallest absolute Gasteiger partial charge is 0.258 e. The lowest BCUT2D eigenvalue weighted by molar-refractivity contribution is -0.123. The number of aryl methyl sites for hydroxylation is 2. The Kier molecular flexibility index (Phi) is 5.98. The average molecular weight is 366 g/mol. The van der Waals surface area contributed by atoms with Crippen molar-refractivity contribution in [2.45, 2.75) is 13.8 Å². The second kappa shape index (κ2) is 8.79. The molecule has 8 heteroatoms. The summed E-state index contributed by atoms with van der Waals surface area (Å²) < 4.78 is 7.32. The van der Waals surface area contributed by atoms with E-state index in [0.29, 0.717) is 24.7 Å². The van der Waals surface area contributed by atoms with Gasteiger partial charge in [0.1, 0.15) is 29.5 Å². The minimum Gasteiger partial charge on any atom is -0.484 e. The van der Waals surface area contributed by atoms with E-state index >= 15 is 0 Å². The summed E-state index contributed by atoms with van der Waals surface area (Å²) in [6.45, 7) is 4.89. The van der Waals surface area contributed by atoms with Gasteiger partial charge in [-0.1, -0.05) is 17.7 Å². The normalized spacial score (nSPS) is 10.4. The molecule has 3 rings (SSSR count). The average Bonchev–Trinajstić information content (AvgIpc) is 3.11. The maximum Gasteiger partial charge on any atom is 0.258 e. The zero-order valence-electron chi connectivity index (χ0n) is 15.3. The number of benzene rings is 1. The molecule has 0 aliphatic heterocycles. The lowest BCUT2D eigenvalue weighted by Gasteiger charge is -2.10. The Morgan fingerprint density at radius 1 is 1.11 bits per heavy atom. The highest BCUT2D eigenvalue weighted by Crippen LogP contribution is 2.11. The molecule has 8 nitrogen and oxygen atoms in total. The van der Waals surface area contributed by atoms with Crippen LogP contribution in [0.15, 0.2) is 49.1 Å². The molecular weight excluding hydrogens is 344 g/mol. The summed E-state index contributed by atoms with van der Waals surface area (Å²) in [5.74, 6) is 2.77. The number of carbonyl (C=O) groups is 1. The van der Waals surface area contributed by atoms with E-state index in [4.69, 9.17) is 4.74 Å². The van der Waals surface area contributed by atoms with Crippen molar-refractivity contribution in [3.05, 3.63) is 60.4 Å². The molecule has 0 fully saturated rings. The second-order valence-corrected chi connectivity index (χ2v) is 5.98. The summed E-state index contributed by atoms with van der Waals surface area (Å²) in [4.78, 5) is 24.5. The Hall–Kier alpha value is -3.42. The lowest BCUT2D eigenvalue weighted by Crippen LogP contribution is -2.32. The van der Waals surface area contributed by atoms with Gasteiger partial charge in [0.2, 0.25) is 0 Å². The molecule has 2 aromatic heterocycles. The Balaban J connectivity index is 1.40. The number of nitrogens with one attached hydrogen (secondary N) is 2. The fraction of sp³-hybridized carbons (Fsp3) is 0.263. The largest absolute Gasteiger partial charge is 0.484 e. The van der Waals surface area contributed by atoms with E-state index in [1.165, 1.54) is 6.33 Å². The number of carbonyl (C=O) groups excluding carboxylic acids is 1. The highest BCUT2D eigenvalue weighted by molar-refractivity contribution is 5.77. The summed E-state index contributed by atoms with van der Waals surface area (Å²) in [6, 6.07) is 9.41. The van der Waals surface area contributed by atoms with Gasteiger partial charge in [-0.15, -0.1) is 0 Å². The van der Waals surface area contributed by atoms with Crippen LogP contribution in [0.1, 0.15) is 11.4 Å². The van der Waals surface area contributed by atoms with Gasteiger partial charge < -0.3 is 15.4 Å². The van der Waals surface area contributed by atoms with E-state index < -0.39 is 0 Å². The van der Waals surface area contributed by atoms with Crippen LogP contribution in [0.2, 0.25) is 0 Å². The summed E-state index contributed by atoms with van der Waals surface area (Å²) in [7, 11) is 0. The highest BCUT2D eigenvalue weighted by atomic mass is 16.5. The third kappa shape index (κ3) is 5.27. The number of imidazole rings is 1. The van der Waals surface area contributed by atoms with E-state index in [1.807, 2.05) is 54.9 Å². The maximum atomic E-state index is 11.8. The molecule has 0 radical (unpaired) electrons. The van der Waals surface area contributed by atoms with Crippen LogP contribution in [0.4, 0.5) is 5.82 Å². The summed E-state index contributed by atoms with van der Waals surface area (Å²) in [5, 5.41) is 5.96. The van der Waals surface area contributed by atoms with Gasteiger partial charge in [0.15, 0.2) is 6.61 Å². The molecule has 0 aliphatic carbocycles. The first-order valence-electron chi connectivity index (χ1n) is 8.64. The molecule has 0 unspecified atom stereocenters. The van der Waals surface area contributed by atoms with E-state index in [2.05, 4.69) is 25.6 Å². The Labute approximate surface area is 157 Å². The lowest BCUT2D eigenvalue weighted by atomic mass is 10.2. The number of aromatic nitrogens is 4. The fourth-order valence-electron chi connectivity index (χ4n) is 2.42. The number of nitrogens with zero attached hydrogens (tertiary/aromatic N) is 4. The monoisotopic (exact) mass is 366 g/mol. The second-order valence-electron chi connectivity index (χ2n) is 5.98. The first-order valence-corrected chi connectivity index (χ1v) is 8.64. The van der Waals surface area contributed by atoms with E-state index in [-0.39, 0.29) is 12.5 Å². The molecule has 0 spiro atoms. The van der Waals surface area contributed by atoms with Gasteiger partial charge in [-0.25, -0.2) is 15.0 Å². The highest BCUT2D eigenvalue weighted by Gasteiger charge is 2.05. The molecule has 0 saturated carbocycles. The predicted octanol–water partition coefficient (Wildman–Crippen LogP) is 1.89. The van der Waals surface area contributed by atoms with Crippen molar-refractivity contribution in [1.82, 2.24) is 24.8 Å². The van der Waals surface area contributed by atoms with Crippen molar-refractivity contribution >= 4 is 11.7 Å². The molecule has 1 aromatic carbocycles. The van der Waals surface area contributed by atoms with Crippen molar-refractivity contribution in [1.29, 1.82) is 0 Å². The number of amides is 1. The van der Waals surface area contributed by atoms with Crippen LogP contribution < -0.4 is 15.4 Å². The zero-order valence-corrected chi connectivity index (χ0v) is 15.3. The number of rotatable bonds is 8. The van der Waals surface area contributed by atoms with Crippen molar-refractivity contribution in [3.63, 3.8) is 0 Å². The van der Waals surface area contributed by atoms with Crippen molar-refractivity contribution < 1.29 is 9.53 Å². The molecule has 0 saturated heterocycles. The van der Waals surface area contributed by atoms with Gasteiger partial charge in [-0.3, -0.25) is 9.36 Å². The minimum absolute atomic E-state index is 0.0133. The van der Waals surface area contributed by atoms with Gasteiger partial charge in [0.05, 0.1) is 0 Å². The summed E-state index contributed by atoms with van der Waals surface area (Å²) in [6.07, 6.45) is 5.06. The first kappa shape index (κ1) is 18.4. The van der Waals surface area contributed by atoms with Crippen molar-refractivity contribution in [2.24, 2.45) is 0 Å². The summed E-state index contributed by atoms with van der Waals surface area (Å²) in [5.41, 5.74) is 1.15. The van der Waals surface area contributed by atoms with E-state index in [9.17, 15) is 4.79 Å². The minimum atomic E-state index is -0.171. The molecule has 3 aromatic rings. The quantitative estimate of drug-likeness (QED) is 0.591. The van der Waals surface area contributed by atoms with Gasteiger partial charge >= 0.3 is 0 Å². The van der Waals surface area contributed by atoms with Crippen LogP contribution >= 0.6 is 0 Å². The summed E-state index contributed by atoms with van der Waals surface area (Å²) >= 11 is 0. The number of ether oxygens (including phenoxy) is 1. The first-order chi connectivity index (χ1) is 13.1. The molecule has 0 bridgehead atoms. The third-order valence-corrected chi connectivity index (χ3v) is 3.87. The van der Waals surface area contributed by atoms with Crippen molar-refractivity contribution in [2.75, 3.05) is 25.0 Å². The molecule has 2 N–H and O–H groups in total. The Morgan fingerprint density at radius 3 is 2.67 bits per heavy atom. The van der Waals surface area contributed by atoms with Gasteiger partial charge in [-0.2, -0.15) is 0 Å². The van der Waals surface area contributed by atoms with Crippen LogP contribution in [-0.4, -0.2) is 45.1 Å². The molecule has 2 heterocycles. The topological polar surface area (TPSA) is 94.0 Å². The van der Waals surface area contributed by atoms with Gasteiger partial charge in [0.25, 0.3) is 5.91 Å². The van der Waals surface area contributed by atoms with Crippen molar-refractivity contribution in [3.8, 4) is 11.6 Å². The number of anilines is 1. The van der Waals surface area contributed by atoms with Crippen LogP contribution in [0, 0.1) is 13.8 Å². The third-order valence-electron chi connectivity index (χ3n) is 3.87. The van der Waals surface area contributed by atoms with Crippen LogP contribution in [0.5, 0.6) is 5.75 Å². The van der Waals surface area contributed by atoms with E-state index in [1.54, 1.807) is 6.20 Å². The van der Waals surface area contributed by atoms with Crippen LogP contribution in [0.3, 0.4) is 0 Å². The molecule has 27 heavy (non-hydrogen) atoms. The van der Waals surface area contributed by atoms with Gasteiger partial charge in [-0.05, 0) is 26.0 Å². The number of hydrogen-bond acceptors (Lipinski definition) is 6. The zero-order chi connectivity index (χ0) is 19.1. The number of hydrogen-bond donors (Lipinski definition) is 2. The molecule has 1 amide bonds. The van der Waals surface area contributed by atoms with Crippen LogP contribution in [0.25, 0.3) is 5.82 Å². The maximum absolute atomic E-state index is 11.8. The Bertz CT molecular complexity index is 891. The van der Waals surface area contributed by atoms with E-state index in [0.717, 1.165) is 17.2 Å². The van der Waals surface area contributed by atoms with Crippen LogP contribution in [-0.2, 0) is 4.79 Å². The SMILES string of the molecule is Cc1ccc(OCC(=O)NCCNc2cc(-n3ccnc3C)ncn2)cc1. The molecule has 140 valence electrons.